The quantitative estimate of drug-likeness (QED) is 0.471. The van der Waals surface area contributed by atoms with Crippen LogP contribution in [0.5, 0.6) is 0 Å². The monoisotopic (exact) mass is 406 g/mol. The lowest BCUT2D eigenvalue weighted by molar-refractivity contribution is 0.0341. The highest BCUT2D eigenvalue weighted by Gasteiger charge is 2.18. The van der Waals surface area contributed by atoms with Crippen LogP contribution in [0.3, 0.4) is 0 Å². The zero-order valence-electron chi connectivity index (χ0n) is 16.0. The zero-order chi connectivity index (χ0) is 20.4. The molecule has 0 amide bonds. The number of ether oxygens (including phenoxy) is 1. The Labute approximate surface area is 170 Å². The molecular weight excluding hydrogens is 388 g/mol. The van der Waals surface area contributed by atoms with E-state index in [1.807, 2.05) is 12.1 Å². The Bertz CT molecular complexity index is 1250. The minimum absolute atomic E-state index is 0.312. The highest BCUT2D eigenvalue weighted by Crippen LogP contribution is 2.28. The molecule has 7 nitrogen and oxygen atoms in total. The van der Waals surface area contributed by atoms with Crippen molar-refractivity contribution in [3.63, 3.8) is 0 Å². The van der Waals surface area contributed by atoms with Gasteiger partial charge in [-0.1, -0.05) is 48.5 Å². The molecule has 0 unspecified atom stereocenters. The molecule has 0 N–H and O–H groups in total. The molecule has 29 heavy (non-hydrogen) atoms. The average Bonchev–Trinajstić information content (AvgIpc) is 3.15. The first-order valence-corrected chi connectivity index (χ1v) is 9.95. The van der Waals surface area contributed by atoms with E-state index in [1.165, 1.54) is 16.9 Å². The minimum atomic E-state index is -0.543. The van der Waals surface area contributed by atoms with Gasteiger partial charge in [-0.15, -0.1) is 16.4 Å². The van der Waals surface area contributed by atoms with Crippen molar-refractivity contribution in [3.05, 3.63) is 75.0 Å². The van der Waals surface area contributed by atoms with Gasteiger partial charge < -0.3 is 4.74 Å². The third-order valence-corrected chi connectivity index (χ3v) is 5.72. The number of aromatic nitrogens is 4. The predicted octanol–water partition coefficient (Wildman–Crippen LogP) is 3.60. The number of rotatable bonds is 5. The Morgan fingerprint density at radius 1 is 1.14 bits per heavy atom. The third kappa shape index (κ3) is 3.79. The molecule has 0 spiro atoms. The van der Waals surface area contributed by atoms with Gasteiger partial charge in [-0.3, -0.25) is 4.79 Å². The van der Waals surface area contributed by atoms with Crippen LogP contribution in [0.2, 0.25) is 0 Å². The van der Waals surface area contributed by atoms with Gasteiger partial charge in [0.1, 0.15) is 15.4 Å². The van der Waals surface area contributed by atoms with Crippen LogP contribution >= 0.6 is 11.3 Å². The lowest BCUT2D eigenvalue weighted by atomic mass is 10.1. The molecule has 2 heterocycles. The summed E-state index contributed by atoms with van der Waals surface area (Å²) in [6.07, 6.45) is 0.964. The van der Waals surface area contributed by atoms with Crippen molar-refractivity contribution in [2.75, 3.05) is 0 Å². The molecule has 0 aliphatic carbocycles. The number of hydrogen-bond acceptors (Lipinski definition) is 7. The summed E-state index contributed by atoms with van der Waals surface area (Å²) in [5, 5.41) is 8.98. The van der Waals surface area contributed by atoms with Crippen LogP contribution in [-0.2, 0) is 17.9 Å². The molecule has 2 aromatic heterocycles. The zero-order valence-corrected chi connectivity index (χ0v) is 16.8. The normalized spacial score (nSPS) is 11.0. The van der Waals surface area contributed by atoms with E-state index in [4.69, 9.17) is 4.74 Å². The number of thiazole rings is 1. The van der Waals surface area contributed by atoms with Crippen LogP contribution in [0.15, 0.2) is 53.3 Å². The smallest absolute Gasteiger partial charge is 0.352 e. The van der Waals surface area contributed by atoms with E-state index >= 15 is 0 Å². The summed E-state index contributed by atoms with van der Waals surface area (Å²) in [6.45, 7) is 3.55. The number of aryl methyl sites for hydroxylation is 2. The van der Waals surface area contributed by atoms with Crippen LogP contribution in [0.1, 0.15) is 27.9 Å². The number of fused-ring (bicyclic) bond motifs is 1. The molecule has 0 radical (unpaired) electrons. The minimum Gasteiger partial charge on any atom is -0.438 e. The van der Waals surface area contributed by atoms with Crippen LogP contribution in [0.4, 0.5) is 0 Å². The van der Waals surface area contributed by atoms with Crippen molar-refractivity contribution < 1.29 is 9.53 Å². The second kappa shape index (κ2) is 7.92. The van der Waals surface area contributed by atoms with Crippen molar-refractivity contribution in [2.45, 2.75) is 27.0 Å². The van der Waals surface area contributed by atoms with Crippen LogP contribution in [-0.4, -0.2) is 25.9 Å². The molecule has 4 rings (SSSR count). The fourth-order valence-corrected chi connectivity index (χ4v) is 3.85. The maximum atomic E-state index is 12.5. The third-order valence-electron chi connectivity index (χ3n) is 4.54. The van der Waals surface area contributed by atoms with Crippen molar-refractivity contribution in [3.8, 4) is 10.6 Å². The Morgan fingerprint density at radius 2 is 1.90 bits per heavy atom. The van der Waals surface area contributed by atoms with E-state index in [9.17, 15) is 9.59 Å². The first-order chi connectivity index (χ1) is 14.1. The van der Waals surface area contributed by atoms with Crippen LogP contribution in [0.25, 0.3) is 21.5 Å². The van der Waals surface area contributed by atoms with Gasteiger partial charge in [0.25, 0.3) is 5.56 Å². The maximum Gasteiger partial charge on any atom is 0.352 e. The summed E-state index contributed by atoms with van der Waals surface area (Å²) in [7, 11) is 0. The number of nitrogens with zero attached hydrogens (tertiary/aromatic N) is 4. The van der Waals surface area contributed by atoms with Crippen LogP contribution < -0.4 is 5.56 Å². The molecule has 0 saturated carbocycles. The molecule has 4 aromatic rings. The lowest BCUT2D eigenvalue weighted by Gasteiger charge is -2.05. The average molecular weight is 406 g/mol. The highest BCUT2D eigenvalue weighted by atomic mass is 32.1. The summed E-state index contributed by atoms with van der Waals surface area (Å²) >= 11 is 1.27. The van der Waals surface area contributed by atoms with E-state index in [1.54, 1.807) is 31.2 Å². The van der Waals surface area contributed by atoms with E-state index in [0.29, 0.717) is 21.5 Å². The molecule has 146 valence electrons. The number of benzene rings is 2. The Kier molecular flexibility index (Phi) is 5.18. The number of hydrogen-bond donors (Lipinski definition) is 0. The van der Waals surface area contributed by atoms with Gasteiger partial charge in [0.05, 0.1) is 11.1 Å². The Hall–Kier alpha value is -3.39. The first kappa shape index (κ1) is 18.9. The van der Waals surface area contributed by atoms with Gasteiger partial charge in [0, 0.05) is 5.56 Å². The summed E-state index contributed by atoms with van der Waals surface area (Å²) in [6, 6.07) is 15.0. The predicted molar refractivity (Wildman–Crippen MR) is 111 cm³/mol. The summed E-state index contributed by atoms with van der Waals surface area (Å²) < 4.78 is 6.33. The molecule has 2 aromatic carbocycles. The topological polar surface area (TPSA) is 87.0 Å². The Morgan fingerprint density at radius 3 is 2.66 bits per heavy atom. The SMILES string of the molecule is CCc1ccc(-c2nc(C)c(C(=O)OCn3nnc4ccccc4c3=O)s2)cc1. The molecule has 0 fully saturated rings. The molecule has 0 aliphatic rings. The van der Waals surface area contributed by atoms with Gasteiger partial charge in [-0.05, 0) is 31.0 Å². The second-order valence-electron chi connectivity index (χ2n) is 6.46. The van der Waals surface area contributed by atoms with E-state index in [2.05, 4.69) is 34.4 Å². The number of carbonyl (C=O) groups excluding carboxylic acids is 1. The molecule has 0 aliphatic heterocycles. The lowest BCUT2D eigenvalue weighted by Crippen LogP contribution is -2.26. The van der Waals surface area contributed by atoms with Gasteiger partial charge >= 0.3 is 5.97 Å². The fraction of sp³-hybridized carbons (Fsp3) is 0.190. The summed E-state index contributed by atoms with van der Waals surface area (Å²) in [5.41, 5.74) is 2.92. The molecule has 0 atom stereocenters. The van der Waals surface area contributed by atoms with Gasteiger partial charge in [0.2, 0.25) is 0 Å². The van der Waals surface area contributed by atoms with E-state index in [-0.39, 0.29) is 12.3 Å². The number of carbonyl (C=O) groups is 1. The Balaban J connectivity index is 1.52. The first-order valence-electron chi connectivity index (χ1n) is 9.13. The maximum absolute atomic E-state index is 12.5. The largest absolute Gasteiger partial charge is 0.438 e. The van der Waals surface area contributed by atoms with E-state index in [0.717, 1.165) is 21.7 Å². The van der Waals surface area contributed by atoms with Crippen molar-refractivity contribution >= 4 is 28.2 Å². The van der Waals surface area contributed by atoms with Crippen molar-refractivity contribution in [2.24, 2.45) is 0 Å². The molecule has 8 heteroatoms. The van der Waals surface area contributed by atoms with Crippen molar-refractivity contribution in [1.82, 2.24) is 20.0 Å². The van der Waals surface area contributed by atoms with Gasteiger partial charge in [-0.2, -0.15) is 4.68 Å². The van der Waals surface area contributed by atoms with Crippen LogP contribution in [0, 0.1) is 6.92 Å². The van der Waals surface area contributed by atoms with E-state index < -0.39 is 5.97 Å². The van der Waals surface area contributed by atoms with Crippen molar-refractivity contribution in [1.29, 1.82) is 0 Å². The second-order valence-corrected chi connectivity index (χ2v) is 7.46. The highest BCUT2D eigenvalue weighted by molar-refractivity contribution is 7.17. The number of esters is 1. The van der Waals surface area contributed by atoms with Gasteiger partial charge in [-0.25, -0.2) is 9.78 Å². The standard InChI is InChI=1S/C21H18N4O3S/c1-3-14-8-10-15(11-9-14)19-22-13(2)18(29-19)21(27)28-12-25-20(26)16-6-4-5-7-17(16)23-24-25/h4-11H,3,12H2,1-2H3. The summed E-state index contributed by atoms with van der Waals surface area (Å²) in [5.74, 6) is -0.543. The molecule has 0 saturated heterocycles. The molecule has 0 bridgehead atoms. The molecular formula is C21H18N4O3S. The fourth-order valence-electron chi connectivity index (χ4n) is 2.89. The van der Waals surface area contributed by atoms with Gasteiger partial charge in [0.15, 0.2) is 6.73 Å². The summed E-state index contributed by atoms with van der Waals surface area (Å²) in [4.78, 5) is 29.9.